The molecular formula is C24H22FN3O2. The Morgan fingerprint density at radius 1 is 1.00 bits per heavy atom. The number of fused-ring (bicyclic) bond motifs is 1. The van der Waals surface area contributed by atoms with Gasteiger partial charge in [-0.3, -0.25) is 9.69 Å². The van der Waals surface area contributed by atoms with Crippen molar-refractivity contribution in [3.63, 3.8) is 0 Å². The molecule has 0 bridgehead atoms. The molecule has 0 spiro atoms. The molecule has 1 heterocycles. The van der Waals surface area contributed by atoms with Crippen LogP contribution in [0.3, 0.4) is 0 Å². The van der Waals surface area contributed by atoms with Crippen LogP contribution < -0.4 is 10.3 Å². The second-order valence-corrected chi connectivity index (χ2v) is 7.19. The minimum atomic E-state index is -0.407. The fourth-order valence-electron chi connectivity index (χ4n) is 3.54. The summed E-state index contributed by atoms with van der Waals surface area (Å²) in [5.74, 6) is -0.197. The molecule has 0 amide bonds. The van der Waals surface area contributed by atoms with Crippen LogP contribution in [-0.2, 0) is 13.2 Å². The lowest BCUT2D eigenvalue weighted by Crippen LogP contribution is -2.32. The molecule has 30 heavy (non-hydrogen) atoms. The van der Waals surface area contributed by atoms with E-state index in [1.165, 1.54) is 17.9 Å². The molecule has 0 atom stereocenters. The van der Waals surface area contributed by atoms with E-state index in [9.17, 15) is 9.18 Å². The minimum absolute atomic E-state index is 0.155. The molecule has 1 aromatic heterocycles. The molecule has 0 fully saturated rings. The first kappa shape index (κ1) is 19.8. The van der Waals surface area contributed by atoms with Crippen LogP contribution in [-0.4, -0.2) is 28.8 Å². The normalized spacial score (nSPS) is 11.2. The number of aromatic nitrogens is 2. The van der Waals surface area contributed by atoms with E-state index < -0.39 is 5.82 Å². The Bertz CT molecular complexity index is 1240. The maximum Gasteiger partial charge on any atom is 0.275 e. The van der Waals surface area contributed by atoms with Crippen molar-refractivity contribution >= 4 is 10.8 Å². The third-order valence-electron chi connectivity index (χ3n) is 4.96. The van der Waals surface area contributed by atoms with E-state index in [4.69, 9.17) is 4.74 Å². The van der Waals surface area contributed by atoms with Crippen LogP contribution in [0.4, 0.5) is 4.39 Å². The smallest absolute Gasteiger partial charge is 0.275 e. The maximum absolute atomic E-state index is 14.0. The molecule has 0 aliphatic rings. The fraction of sp³-hybridized carbons (Fsp3) is 0.167. The monoisotopic (exact) mass is 403 g/mol. The number of benzene rings is 3. The predicted octanol–water partition coefficient (Wildman–Crippen LogP) is 4.30. The van der Waals surface area contributed by atoms with Gasteiger partial charge in [0.2, 0.25) is 0 Å². The van der Waals surface area contributed by atoms with Crippen LogP contribution in [0.25, 0.3) is 22.0 Å². The van der Waals surface area contributed by atoms with Gasteiger partial charge in [0.05, 0.1) is 24.9 Å². The summed E-state index contributed by atoms with van der Waals surface area (Å²) in [5.41, 5.74) is 2.34. The highest BCUT2D eigenvalue weighted by molar-refractivity contribution is 5.93. The van der Waals surface area contributed by atoms with Gasteiger partial charge < -0.3 is 4.74 Å². The van der Waals surface area contributed by atoms with Gasteiger partial charge in [0.25, 0.3) is 5.56 Å². The SMILES string of the molecule is COc1ccc(CN(C)Cn2nc(-c3ccccc3)c3ccccc3c2=O)cc1F. The summed E-state index contributed by atoms with van der Waals surface area (Å²) in [4.78, 5) is 15.0. The van der Waals surface area contributed by atoms with Crippen molar-refractivity contribution in [2.24, 2.45) is 0 Å². The Kier molecular flexibility index (Phi) is 5.59. The highest BCUT2D eigenvalue weighted by Crippen LogP contribution is 2.24. The van der Waals surface area contributed by atoms with E-state index in [0.29, 0.717) is 11.9 Å². The lowest BCUT2D eigenvalue weighted by atomic mass is 10.1. The average Bonchev–Trinajstić information content (AvgIpc) is 2.76. The molecule has 0 radical (unpaired) electrons. The van der Waals surface area contributed by atoms with Crippen molar-refractivity contribution in [3.05, 3.63) is 94.5 Å². The Morgan fingerprint density at radius 3 is 2.40 bits per heavy atom. The molecule has 4 aromatic rings. The Hall–Kier alpha value is -3.51. The zero-order valence-electron chi connectivity index (χ0n) is 16.9. The minimum Gasteiger partial charge on any atom is -0.494 e. The standard InChI is InChI=1S/C24H22FN3O2/c1-27(15-17-12-13-22(30-2)21(25)14-17)16-28-24(29)20-11-7-6-10-19(20)23(26-28)18-8-4-3-5-9-18/h3-14H,15-16H2,1-2H3. The van der Waals surface area contributed by atoms with Crippen LogP contribution in [0.15, 0.2) is 77.6 Å². The van der Waals surface area contributed by atoms with Crippen molar-refractivity contribution < 1.29 is 9.13 Å². The van der Waals surface area contributed by atoms with Crippen LogP contribution in [0.5, 0.6) is 5.75 Å². The second-order valence-electron chi connectivity index (χ2n) is 7.19. The molecule has 0 saturated heterocycles. The zero-order valence-corrected chi connectivity index (χ0v) is 16.9. The summed E-state index contributed by atoms with van der Waals surface area (Å²) in [6.07, 6.45) is 0. The van der Waals surface area contributed by atoms with Gasteiger partial charge in [-0.05, 0) is 30.8 Å². The third kappa shape index (κ3) is 3.95. The molecule has 3 aromatic carbocycles. The fourth-order valence-corrected chi connectivity index (χ4v) is 3.54. The molecule has 5 nitrogen and oxygen atoms in total. The van der Waals surface area contributed by atoms with Crippen molar-refractivity contribution in [2.45, 2.75) is 13.2 Å². The largest absolute Gasteiger partial charge is 0.494 e. The van der Waals surface area contributed by atoms with Gasteiger partial charge in [0.1, 0.15) is 0 Å². The summed E-state index contributed by atoms with van der Waals surface area (Å²) in [6, 6.07) is 22.2. The summed E-state index contributed by atoms with van der Waals surface area (Å²) < 4.78 is 20.4. The Morgan fingerprint density at radius 2 is 1.70 bits per heavy atom. The van der Waals surface area contributed by atoms with Crippen molar-refractivity contribution in [2.75, 3.05) is 14.2 Å². The summed E-state index contributed by atoms with van der Waals surface area (Å²) in [5, 5.41) is 6.11. The summed E-state index contributed by atoms with van der Waals surface area (Å²) in [6.45, 7) is 0.736. The first-order valence-electron chi connectivity index (χ1n) is 9.63. The molecule has 0 unspecified atom stereocenters. The maximum atomic E-state index is 14.0. The Balaban J connectivity index is 1.68. The van der Waals surface area contributed by atoms with Gasteiger partial charge >= 0.3 is 0 Å². The summed E-state index contributed by atoms with van der Waals surface area (Å²) in [7, 11) is 3.31. The highest BCUT2D eigenvalue weighted by atomic mass is 19.1. The van der Waals surface area contributed by atoms with Crippen LogP contribution in [0.1, 0.15) is 5.56 Å². The number of nitrogens with zero attached hydrogens (tertiary/aromatic N) is 3. The van der Waals surface area contributed by atoms with Crippen molar-refractivity contribution in [1.82, 2.24) is 14.7 Å². The molecule has 6 heteroatoms. The van der Waals surface area contributed by atoms with Crippen LogP contribution in [0, 0.1) is 5.82 Å². The lowest BCUT2D eigenvalue weighted by Gasteiger charge is -2.19. The van der Waals surface area contributed by atoms with E-state index in [1.807, 2.05) is 72.6 Å². The van der Waals surface area contributed by atoms with Gasteiger partial charge in [0.15, 0.2) is 11.6 Å². The number of hydrogen-bond acceptors (Lipinski definition) is 4. The van der Waals surface area contributed by atoms with E-state index >= 15 is 0 Å². The van der Waals surface area contributed by atoms with E-state index in [-0.39, 0.29) is 18.0 Å². The van der Waals surface area contributed by atoms with Crippen LogP contribution >= 0.6 is 0 Å². The van der Waals surface area contributed by atoms with E-state index in [2.05, 4.69) is 5.10 Å². The van der Waals surface area contributed by atoms with Gasteiger partial charge in [-0.1, -0.05) is 54.6 Å². The van der Waals surface area contributed by atoms with Gasteiger partial charge in [-0.25, -0.2) is 9.07 Å². The predicted molar refractivity (Wildman–Crippen MR) is 116 cm³/mol. The number of halogens is 1. The molecule has 152 valence electrons. The molecule has 0 aliphatic carbocycles. The van der Waals surface area contributed by atoms with Gasteiger partial charge in [0, 0.05) is 17.5 Å². The first-order chi connectivity index (χ1) is 14.6. The molecule has 0 aliphatic heterocycles. The van der Waals surface area contributed by atoms with E-state index in [1.54, 1.807) is 6.07 Å². The van der Waals surface area contributed by atoms with Crippen molar-refractivity contribution in [3.8, 4) is 17.0 Å². The molecule has 0 N–H and O–H groups in total. The lowest BCUT2D eigenvalue weighted by molar-refractivity contribution is 0.241. The van der Waals surface area contributed by atoms with Crippen LogP contribution in [0.2, 0.25) is 0 Å². The molecular weight excluding hydrogens is 381 g/mol. The molecule has 4 rings (SSSR count). The average molecular weight is 403 g/mol. The van der Waals surface area contributed by atoms with Gasteiger partial charge in [-0.15, -0.1) is 0 Å². The second kappa shape index (κ2) is 8.47. The zero-order chi connectivity index (χ0) is 21.1. The molecule has 0 saturated carbocycles. The Labute approximate surface area is 174 Å². The van der Waals surface area contributed by atoms with Gasteiger partial charge in [-0.2, -0.15) is 5.10 Å². The first-order valence-corrected chi connectivity index (χ1v) is 9.63. The van der Waals surface area contributed by atoms with E-state index in [0.717, 1.165) is 22.2 Å². The highest BCUT2D eigenvalue weighted by Gasteiger charge is 2.13. The quantitative estimate of drug-likeness (QED) is 0.482. The number of methoxy groups -OCH3 is 1. The number of rotatable bonds is 6. The van der Waals surface area contributed by atoms with Crippen molar-refractivity contribution in [1.29, 1.82) is 0 Å². The third-order valence-corrected chi connectivity index (χ3v) is 4.96. The summed E-state index contributed by atoms with van der Waals surface area (Å²) >= 11 is 0. The number of hydrogen-bond donors (Lipinski definition) is 0. The number of ether oxygens (including phenoxy) is 1. The topological polar surface area (TPSA) is 47.4 Å².